The number of hydrogen-bond donors (Lipinski definition) is 2. The molecule has 0 radical (unpaired) electrons. The number of aryl methyl sites for hydroxylation is 1. The number of ether oxygens (including phenoxy) is 1. The second-order valence-corrected chi connectivity index (χ2v) is 6.30. The highest BCUT2D eigenvalue weighted by molar-refractivity contribution is 6.22. The maximum atomic E-state index is 12.3. The van der Waals surface area contributed by atoms with Crippen molar-refractivity contribution >= 4 is 23.4 Å². The molecule has 4 rings (SSSR count). The summed E-state index contributed by atoms with van der Waals surface area (Å²) in [4.78, 5) is 35.8. The van der Waals surface area contributed by atoms with Gasteiger partial charge in [0.25, 0.3) is 11.8 Å². The summed E-state index contributed by atoms with van der Waals surface area (Å²) in [5.41, 5.74) is 0.972. The van der Waals surface area contributed by atoms with Crippen LogP contribution in [0.25, 0.3) is 5.57 Å². The van der Waals surface area contributed by atoms with Crippen molar-refractivity contribution in [3.8, 4) is 0 Å². The summed E-state index contributed by atoms with van der Waals surface area (Å²) in [6.07, 6.45) is 3.53. The third-order valence-electron chi connectivity index (χ3n) is 4.78. The molecule has 23 heavy (non-hydrogen) atoms. The first-order valence-electron chi connectivity index (χ1n) is 7.61. The predicted octanol–water partition coefficient (Wildman–Crippen LogP) is 1.44. The Kier molecular flexibility index (Phi) is 2.78. The quantitative estimate of drug-likeness (QED) is 0.768. The average Bonchev–Trinajstić information content (AvgIpc) is 3.26. The molecule has 2 aliphatic heterocycles. The summed E-state index contributed by atoms with van der Waals surface area (Å²) < 4.78 is 6.06. The van der Waals surface area contributed by atoms with E-state index in [0.29, 0.717) is 0 Å². The molecule has 1 aliphatic carbocycles. The molecule has 4 amide bonds. The van der Waals surface area contributed by atoms with Gasteiger partial charge in [0, 0.05) is 6.42 Å². The Morgan fingerprint density at radius 1 is 1.04 bits per heavy atom. The van der Waals surface area contributed by atoms with E-state index in [2.05, 4.69) is 10.6 Å². The van der Waals surface area contributed by atoms with Gasteiger partial charge in [0.15, 0.2) is 0 Å². The van der Waals surface area contributed by atoms with Gasteiger partial charge in [-0.2, -0.15) is 0 Å². The van der Waals surface area contributed by atoms with E-state index < -0.39 is 29.0 Å². The predicted molar refractivity (Wildman–Crippen MR) is 81.2 cm³/mol. The molecule has 2 N–H and O–H groups in total. The monoisotopic (exact) mass is 312 g/mol. The zero-order valence-electron chi connectivity index (χ0n) is 12.6. The molecule has 1 aromatic carbocycles. The third-order valence-corrected chi connectivity index (χ3v) is 4.78. The Morgan fingerprint density at radius 2 is 1.70 bits per heavy atom. The van der Waals surface area contributed by atoms with Crippen LogP contribution in [0.1, 0.15) is 30.4 Å². The SMILES string of the molecule is Cc1ccccc1C1=CCC2(OC13CC3)C(=O)NC(=O)NC2=O. The van der Waals surface area contributed by atoms with Crippen LogP contribution in [0, 0.1) is 6.92 Å². The van der Waals surface area contributed by atoms with Crippen LogP contribution in [0.4, 0.5) is 4.79 Å². The van der Waals surface area contributed by atoms with Crippen molar-refractivity contribution in [1.29, 1.82) is 0 Å². The largest absolute Gasteiger partial charge is 0.344 e. The molecule has 2 fully saturated rings. The number of urea groups is 1. The van der Waals surface area contributed by atoms with Gasteiger partial charge in [0.2, 0.25) is 5.60 Å². The van der Waals surface area contributed by atoms with E-state index in [9.17, 15) is 14.4 Å². The summed E-state index contributed by atoms with van der Waals surface area (Å²) in [7, 11) is 0. The maximum Gasteiger partial charge on any atom is 0.328 e. The fourth-order valence-electron chi connectivity index (χ4n) is 3.40. The van der Waals surface area contributed by atoms with Gasteiger partial charge < -0.3 is 4.74 Å². The third kappa shape index (κ3) is 1.95. The number of amides is 4. The van der Waals surface area contributed by atoms with Crippen molar-refractivity contribution in [2.45, 2.75) is 37.4 Å². The molecule has 1 aromatic rings. The first-order valence-corrected chi connectivity index (χ1v) is 7.61. The normalized spacial score (nSPS) is 24.2. The molecule has 1 saturated heterocycles. The number of carbonyl (C=O) groups excluding carboxylic acids is 3. The van der Waals surface area contributed by atoms with Crippen molar-refractivity contribution < 1.29 is 19.1 Å². The number of nitrogens with one attached hydrogen (secondary N) is 2. The zero-order chi connectivity index (χ0) is 16.2. The Bertz CT molecular complexity index is 757. The van der Waals surface area contributed by atoms with Crippen LogP contribution >= 0.6 is 0 Å². The van der Waals surface area contributed by atoms with Gasteiger partial charge >= 0.3 is 6.03 Å². The van der Waals surface area contributed by atoms with E-state index in [1.165, 1.54) is 0 Å². The molecule has 2 heterocycles. The molecular formula is C17H16N2O4. The van der Waals surface area contributed by atoms with Gasteiger partial charge in [-0.1, -0.05) is 30.3 Å². The number of benzene rings is 1. The smallest absolute Gasteiger partial charge is 0.328 e. The van der Waals surface area contributed by atoms with Crippen LogP contribution < -0.4 is 10.6 Å². The van der Waals surface area contributed by atoms with Crippen LogP contribution in [0.5, 0.6) is 0 Å². The molecule has 6 nitrogen and oxygen atoms in total. The maximum absolute atomic E-state index is 12.3. The second kappa shape index (κ2) is 4.52. The Labute approximate surface area is 132 Å². The van der Waals surface area contributed by atoms with Gasteiger partial charge in [-0.15, -0.1) is 0 Å². The van der Waals surface area contributed by atoms with Crippen LogP contribution in [0.15, 0.2) is 30.3 Å². The van der Waals surface area contributed by atoms with Crippen LogP contribution in [-0.2, 0) is 14.3 Å². The van der Waals surface area contributed by atoms with E-state index in [0.717, 1.165) is 29.5 Å². The van der Waals surface area contributed by atoms with Crippen LogP contribution in [0.3, 0.4) is 0 Å². The average molecular weight is 312 g/mol. The van der Waals surface area contributed by atoms with E-state index in [1.54, 1.807) is 0 Å². The minimum absolute atomic E-state index is 0.114. The summed E-state index contributed by atoms with van der Waals surface area (Å²) >= 11 is 0. The van der Waals surface area contributed by atoms with Crippen LogP contribution in [0.2, 0.25) is 0 Å². The first-order chi connectivity index (χ1) is 11.0. The lowest BCUT2D eigenvalue weighted by Gasteiger charge is -2.40. The molecule has 1 saturated carbocycles. The van der Waals surface area contributed by atoms with E-state index in [4.69, 9.17) is 4.74 Å². The van der Waals surface area contributed by atoms with Crippen molar-refractivity contribution in [2.75, 3.05) is 0 Å². The number of hydrogen-bond acceptors (Lipinski definition) is 4. The summed E-state index contributed by atoms with van der Waals surface area (Å²) in [5.74, 6) is -1.37. The van der Waals surface area contributed by atoms with Gasteiger partial charge in [-0.25, -0.2) is 4.79 Å². The highest BCUT2D eigenvalue weighted by atomic mass is 16.5. The van der Waals surface area contributed by atoms with Crippen molar-refractivity contribution in [3.05, 3.63) is 41.5 Å². The lowest BCUT2D eigenvalue weighted by Crippen LogP contribution is -2.69. The molecule has 6 heteroatoms. The summed E-state index contributed by atoms with van der Waals surface area (Å²) in [6, 6.07) is 7.18. The lowest BCUT2D eigenvalue weighted by atomic mass is 9.85. The van der Waals surface area contributed by atoms with Crippen molar-refractivity contribution in [1.82, 2.24) is 10.6 Å². The molecule has 118 valence electrons. The zero-order valence-corrected chi connectivity index (χ0v) is 12.6. The highest BCUT2D eigenvalue weighted by Gasteiger charge is 2.62. The topological polar surface area (TPSA) is 84.5 Å². The number of barbiturate groups is 1. The fourth-order valence-corrected chi connectivity index (χ4v) is 3.40. The van der Waals surface area contributed by atoms with Gasteiger partial charge in [0.05, 0.1) is 5.60 Å². The molecule has 2 spiro atoms. The number of carbonyl (C=O) groups is 3. The standard InChI is InChI=1S/C17H16N2O4/c1-10-4-2-3-5-11(10)12-6-7-17(23-16(12)8-9-16)13(20)18-15(22)19-14(17)21/h2-6H,7-9H2,1H3,(H2,18,19,20,21,22). The minimum atomic E-state index is -1.64. The second-order valence-electron chi connectivity index (χ2n) is 6.30. The van der Waals surface area contributed by atoms with Gasteiger partial charge in [-0.05, 0) is 36.5 Å². The van der Waals surface area contributed by atoms with E-state index >= 15 is 0 Å². The lowest BCUT2D eigenvalue weighted by molar-refractivity contribution is -0.169. The molecule has 3 aliphatic rings. The molecule has 0 unspecified atom stereocenters. The summed E-state index contributed by atoms with van der Waals surface area (Å²) in [6.45, 7) is 2.02. The molecule has 0 atom stereocenters. The molecule has 0 bridgehead atoms. The van der Waals surface area contributed by atoms with Crippen LogP contribution in [-0.4, -0.2) is 29.0 Å². The number of rotatable bonds is 1. The van der Waals surface area contributed by atoms with Gasteiger partial charge in [0.1, 0.15) is 0 Å². The Hall–Kier alpha value is -2.47. The highest BCUT2D eigenvalue weighted by Crippen LogP contribution is 2.56. The molecular weight excluding hydrogens is 296 g/mol. The number of imide groups is 2. The summed E-state index contributed by atoms with van der Waals surface area (Å²) in [5, 5.41) is 4.28. The first kappa shape index (κ1) is 14.1. The Balaban J connectivity index is 1.77. The van der Waals surface area contributed by atoms with Crippen molar-refractivity contribution in [2.24, 2.45) is 0 Å². The van der Waals surface area contributed by atoms with Gasteiger partial charge in [-0.3, -0.25) is 20.2 Å². The fraction of sp³-hybridized carbons (Fsp3) is 0.353. The molecule has 0 aromatic heterocycles. The Morgan fingerprint density at radius 3 is 2.30 bits per heavy atom. The van der Waals surface area contributed by atoms with E-state index in [-0.39, 0.29) is 6.42 Å². The van der Waals surface area contributed by atoms with E-state index in [1.807, 2.05) is 37.3 Å². The van der Waals surface area contributed by atoms with Crippen molar-refractivity contribution in [3.63, 3.8) is 0 Å². The minimum Gasteiger partial charge on any atom is -0.344 e.